The van der Waals surface area contributed by atoms with Gasteiger partial charge in [0, 0.05) is 17.7 Å². The van der Waals surface area contributed by atoms with Gasteiger partial charge in [-0.1, -0.05) is 18.2 Å². The fraction of sp³-hybridized carbons (Fsp3) is 0.409. The molecule has 2 heterocycles. The number of fused-ring (bicyclic) bond motifs is 2. The first-order chi connectivity index (χ1) is 16.3. The van der Waals surface area contributed by atoms with Gasteiger partial charge in [0.2, 0.25) is 9.84 Å². The number of nitrogens with zero attached hydrogens (tertiary/aromatic N) is 1. The summed E-state index contributed by atoms with van der Waals surface area (Å²) in [6.45, 7) is 2.79. The molecule has 4 rings (SSSR count). The number of carbonyl (C=O) groups is 1. The van der Waals surface area contributed by atoms with Crippen LogP contribution in [0.4, 0.5) is 30.7 Å². The van der Waals surface area contributed by atoms with E-state index in [0.717, 1.165) is 11.0 Å². The summed E-state index contributed by atoms with van der Waals surface area (Å²) in [5, 5.41) is 4.44. The lowest BCUT2D eigenvalue weighted by Gasteiger charge is -2.45. The van der Waals surface area contributed by atoms with Crippen LogP contribution in [-0.2, 0) is 16.4 Å². The van der Waals surface area contributed by atoms with Gasteiger partial charge in [-0.15, -0.1) is 0 Å². The minimum Gasteiger partial charge on any atom is -0.485 e. The Labute approximate surface area is 200 Å². The van der Waals surface area contributed by atoms with Gasteiger partial charge in [0.1, 0.15) is 17.5 Å². The van der Waals surface area contributed by atoms with Crippen LogP contribution in [0.5, 0.6) is 5.75 Å². The Balaban J connectivity index is 1.86. The van der Waals surface area contributed by atoms with Gasteiger partial charge < -0.3 is 14.7 Å². The second-order valence-electron chi connectivity index (χ2n) is 8.98. The van der Waals surface area contributed by atoms with Crippen molar-refractivity contribution in [2.45, 2.75) is 60.4 Å². The summed E-state index contributed by atoms with van der Waals surface area (Å²) in [5.41, 5.74) is -0.938. The predicted molar refractivity (Wildman–Crippen MR) is 109 cm³/mol. The molecule has 0 aliphatic carbocycles. The van der Waals surface area contributed by atoms with Gasteiger partial charge in [0.15, 0.2) is 0 Å². The Hall–Kier alpha value is -2.87. The molecule has 0 radical (unpaired) electrons. The van der Waals surface area contributed by atoms with Crippen LogP contribution in [0.15, 0.2) is 47.4 Å². The first kappa shape index (κ1) is 26.2. The zero-order valence-electron chi connectivity index (χ0n) is 18.5. The van der Waals surface area contributed by atoms with Crippen LogP contribution in [0.1, 0.15) is 41.4 Å². The summed E-state index contributed by atoms with van der Waals surface area (Å²) < 4.78 is 124. The molecule has 2 aliphatic heterocycles. The molecular weight excluding hydrogens is 523 g/mol. The molecule has 196 valence electrons. The van der Waals surface area contributed by atoms with Crippen LogP contribution in [0.2, 0.25) is 0 Å². The van der Waals surface area contributed by atoms with E-state index in [1.54, 1.807) is 18.2 Å². The van der Waals surface area contributed by atoms with E-state index in [4.69, 9.17) is 4.74 Å². The third-order valence-electron chi connectivity index (χ3n) is 6.24. The van der Waals surface area contributed by atoms with Crippen molar-refractivity contribution in [3.8, 4) is 5.75 Å². The number of amides is 1. The fourth-order valence-corrected chi connectivity index (χ4v) is 5.51. The van der Waals surface area contributed by atoms with Gasteiger partial charge in [0.05, 0.1) is 10.9 Å². The van der Waals surface area contributed by atoms with Crippen LogP contribution in [0, 0.1) is 0 Å². The van der Waals surface area contributed by atoms with Gasteiger partial charge in [0.25, 0.3) is 5.91 Å². The largest absolute Gasteiger partial charge is 0.485 e. The zero-order valence-corrected chi connectivity index (χ0v) is 19.3. The lowest BCUT2D eigenvalue weighted by Crippen LogP contribution is -2.56. The van der Waals surface area contributed by atoms with E-state index >= 15 is 0 Å². The Kier molecular flexibility index (Phi) is 5.69. The lowest BCUT2D eigenvalue weighted by molar-refractivity contribution is -0.332. The maximum atomic E-state index is 14.2. The van der Waals surface area contributed by atoms with Gasteiger partial charge in [-0.25, -0.2) is 8.42 Å². The number of halogens is 7. The van der Waals surface area contributed by atoms with E-state index in [1.807, 2.05) is 0 Å². The average molecular weight is 541 g/mol. The molecule has 6 nitrogen and oxygen atoms in total. The second-order valence-corrected chi connectivity index (χ2v) is 11.0. The van der Waals surface area contributed by atoms with Crippen LogP contribution >= 0.6 is 0 Å². The molecule has 0 spiro atoms. The van der Waals surface area contributed by atoms with Gasteiger partial charge in [-0.3, -0.25) is 4.79 Å². The number of aliphatic hydroxyl groups excluding tert-OH is 1. The van der Waals surface area contributed by atoms with Crippen molar-refractivity contribution in [3.05, 3.63) is 59.2 Å². The Morgan fingerprint density at radius 3 is 2.22 bits per heavy atom. The summed E-state index contributed by atoms with van der Waals surface area (Å²) in [5.74, 6) is -7.68. The molecule has 14 heteroatoms. The van der Waals surface area contributed by atoms with E-state index in [0.29, 0.717) is 17.7 Å². The summed E-state index contributed by atoms with van der Waals surface area (Å²) in [6, 6.07) is 6.55. The molecule has 36 heavy (non-hydrogen) atoms. The van der Waals surface area contributed by atoms with E-state index in [2.05, 4.69) is 0 Å². The van der Waals surface area contributed by atoms with E-state index in [1.165, 1.54) is 19.9 Å². The third-order valence-corrected chi connectivity index (χ3v) is 8.04. The minimum atomic E-state index is -6.90. The SMILES string of the molecule is CC1(C)Oc2ccc(S(=O)(=O)C(F)(F)C(F)(F)C(F)(F)F)cc2C(N2Cc3ccccc3C2=O)C1O. The van der Waals surface area contributed by atoms with Crippen molar-refractivity contribution in [2.75, 3.05) is 0 Å². The summed E-state index contributed by atoms with van der Waals surface area (Å²) in [7, 11) is -6.62. The second kappa shape index (κ2) is 7.81. The van der Waals surface area contributed by atoms with Crippen molar-refractivity contribution < 1.29 is 53.8 Å². The van der Waals surface area contributed by atoms with Gasteiger partial charge in [-0.05, 0) is 43.7 Å². The molecule has 0 saturated heterocycles. The van der Waals surface area contributed by atoms with E-state index < -0.39 is 55.7 Å². The zero-order chi connectivity index (χ0) is 27.1. The predicted octanol–water partition coefficient (Wildman–Crippen LogP) is 4.48. The number of aliphatic hydroxyl groups is 1. The Morgan fingerprint density at radius 2 is 1.64 bits per heavy atom. The van der Waals surface area contributed by atoms with Crippen molar-refractivity contribution in [2.24, 2.45) is 0 Å². The van der Waals surface area contributed by atoms with Crippen molar-refractivity contribution in [1.82, 2.24) is 4.90 Å². The molecule has 0 fully saturated rings. The highest BCUT2D eigenvalue weighted by molar-refractivity contribution is 7.92. The first-order valence-electron chi connectivity index (χ1n) is 10.3. The molecule has 0 bridgehead atoms. The summed E-state index contributed by atoms with van der Waals surface area (Å²) >= 11 is 0. The van der Waals surface area contributed by atoms with Crippen molar-refractivity contribution in [1.29, 1.82) is 0 Å². The Bertz CT molecular complexity index is 1340. The molecule has 0 aromatic heterocycles. The fourth-order valence-electron chi connectivity index (χ4n) is 4.23. The molecular formula is C22H18F7NO5S. The standard InChI is InChI=1S/C22H18F7NO5S/c1-19(2)17(31)16(30-10-11-5-3-4-6-13(11)18(30)32)14-9-12(7-8-15(14)35-19)36(33,34)22(28,29)20(23,24)21(25,26)27/h3-9,16-17,31H,10H2,1-2H3. The highest BCUT2D eigenvalue weighted by Crippen LogP contribution is 2.52. The van der Waals surface area contributed by atoms with Gasteiger partial charge in [-0.2, -0.15) is 30.7 Å². The monoisotopic (exact) mass is 541 g/mol. The molecule has 2 unspecified atom stereocenters. The molecule has 2 aromatic carbocycles. The lowest BCUT2D eigenvalue weighted by atomic mass is 9.85. The molecule has 2 aromatic rings. The number of benzene rings is 2. The number of rotatable bonds is 4. The maximum Gasteiger partial charge on any atom is 0.461 e. The minimum absolute atomic E-state index is 0.0778. The number of alkyl halides is 7. The van der Waals surface area contributed by atoms with Crippen LogP contribution < -0.4 is 4.74 Å². The van der Waals surface area contributed by atoms with Gasteiger partial charge >= 0.3 is 17.4 Å². The smallest absolute Gasteiger partial charge is 0.461 e. The number of carbonyl (C=O) groups excluding carboxylic acids is 1. The summed E-state index contributed by atoms with van der Waals surface area (Å²) in [4.78, 5) is 12.6. The number of hydrogen-bond donors (Lipinski definition) is 1. The highest BCUT2D eigenvalue weighted by Gasteiger charge is 2.78. The molecule has 2 atom stereocenters. The summed E-state index contributed by atoms with van der Waals surface area (Å²) in [6.07, 6.45) is -8.43. The Morgan fingerprint density at radius 1 is 1.03 bits per heavy atom. The van der Waals surface area contributed by atoms with Crippen molar-refractivity contribution >= 4 is 15.7 Å². The third kappa shape index (κ3) is 3.56. The van der Waals surface area contributed by atoms with Crippen LogP contribution in [0.25, 0.3) is 0 Å². The number of ether oxygens (including phenoxy) is 1. The number of sulfone groups is 1. The average Bonchev–Trinajstić information content (AvgIpc) is 3.09. The normalized spacial score (nSPS) is 22.2. The van der Waals surface area contributed by atoms with Crippen LogP contribution in [0.3, 0.4) is 0 Å². The molecule has 1 amide bonds. The van der Waals surface area contributed by atoms with Crippen molar-refractivity contribution in [3.63, 3.8) is 0 Å². The van der Waals surface area contributed by atoms with E-state index in [9.17, 15) is 49.1 Å². The number of hydrogen-bond acceptors (Lipinski definition) is 5. The van der Waals surface area contributed by atoms with E-state index in [-0.39, 0.29) is 23.4 Å². The molecule has 0 saturated carbocycles. The molecule has 2 aliphatic rings. The molecule has 1 N–H and O–H groups in total. The first-order valence-corrected chi connectivity index (χ1v) is 11.8. The topological polar surface area (TPSA) is 83.9 Å². The quantitative estimate of drug-likeness (QED) is 0.578. The van der Waals surface area contributed by atoms with Crippen LogP contribution in [-0.4, -0.2) is 53.4 Å². The maximum absolute atomic E-state index is 14.2. The highest BCUT2D eigenvalue weighted by atomic mass is 32.2.